The number of allylic oxidation sites excluding steroid dienone is 1. The summed E-state index contributed by atoms with van der Waals surface area (Å²) in [4.78, 5) is 21.2. The van der Waals surface area contributed by atoms with Crippen molar-refractivity contribution in [2.45, 2.75) is 25.9 Å². The first kappa shape index (κ1) is 25.5. The molecule has 0 aliphatic carbocycles. The molecule has 186 valence electrons. The van der Waals surface area contributed by atoms with E-state index in [-0.39, 0.29) is 18.7 Å². The molecule has 1 saturated heterocycles. The lowest BCUT2D eigenvalue weighted by Gasteiger charge is -2.18. The molecule has 1 amide bonds. The highest BCUT2D eigenvalue weighted by molar-refractivity contribution is 7.92. The summed E-state index contributed by atoms with van der Waals surface area (Å²) in [5, 5.41) is 1.08. The van der Waals surface area contributed by atoms with Crippen LogP contribution in [0.2, 0.25) is 4.34 Å². The van der Waals surface area contributed by atoms with Crippen LogP contribution in [0.5, 0.6) is 0 Å². The lowest BCUT2D eigenvalue weighted by atomic mass is 10.2. The van der Waals surface area contributed by atoms with Crippen LogP contribution in [0.1, 0.15) is 23.9 Å². The van der Waals surface area contributed by atoms with Gasteiger partial charge in [-0.2, -0.15) is 4.72 Å². The zero-order valence-electron chi connectivity index (χ0n) is 19.4. The van der Waals surface area contributed by atoms with E-state index in [4.69, 9.17) is 11.6 Å². The molecule has 1 atom stereocenters. The van der Waals surface area contributed by atoms with Crippen LogP contribution in [0.3, 0.4) is 0 Å². The van der Waals surface area contributed by atoms with E-state index in [0.29, 0.717) is 27.0 Å². The van der Waals surface area contributed by atoms with Crippen LogP contribution >= 0.6 is 22.9 Å². The van der Waals surface area contributed by atoms with Gasteiger partial charge in [-0.25, -0.2) is 17.8 Å². The number of anilines is 1. The highest BCUT2D eigenvalue weighted by Crippen LogP contribution is 2.29. The van der Waals surface area contributed by atoms with Crippen molar-refractivity contribution in [1.29, 1.82) is 0 Å². The molecule has 0 radical (unpaired) electrons. The Labute approximate surface area is 212 Å². The van der Waals surface area contributed by atoms with E-state index >= 15 is 4.39 Å². The lowest BCUT2D eigenvalue weighted by Crippen LogP contribution is -2.41. The van der Waals surface area contributed by atoms with Crippen molar-refractivity contribution in [3.8, 4) is 5.69 Å². The summed E-state index contributed by atoms with van der Waals surface area (Å²) in [6.45, 7) is 2.51. The first-order chi connectivity index (χ1) is 16.5. The Morgan fingerprint density at radius 1 is 1.34 bits per heavy atom. The Bertz CT molecular complexity index is 1380. The summed E-state index contributed by atoms with van der Waals surface area (Å²) in [6.07, 6.45) is 3.66. The fraction of sp³-hybridized carbons (Fsp3) is 0.304. The lowest BCUT2D eigenvalue weighted by molar-refractivity contribution is -0.118. The fourth-order valence-electron chi connectivity index (χ4n) is 3.86. The third kappa shape index (κ3) is 5.99. The van der Waals surface area contributed by atoms with Gasteiger partial charge in [0.25, 0.3) is 0 Å². The van der Waals surface area contributed by atoms with Gasteiger partial charge in [0.05, 0.1) is 27.5 Å². The molecule has 3 aromatic rings. The highest BCUT2D eigenvalue weighted by atomic mass is 35.5. The second kappa shape index (κ2) is 10.2. The molecule has 1 aliphatic rings. The number of rotatable bonds is 8. The number of nitrogens with zero attached hydrogens (tertiary/aromatic N) is 4. The fourth-order valence-corrected chi connectivity index (χ4v) is 6.23. The molecule has 0 bridgehead atoms. The molecule has 1 N–H and O–H groups in total. The highest BCUT2D eigenvalue weighted by Gasteiger charge is 2.36. The van der Waals surface area contributed by atoms with E-state index in [1.54, 1.807) is 36.0 Å². The largest absolute Gasteiger partial charge is 0.308 e. The quantitative estimate of drug-likeness (QED) is 0.471. The summed E-state index contributed by atoms with van der Waals surface area (Å²) in [5.74, 6) is -1.08. The number of thiophene rings is 1. The number of carbonyl (C=O) groups is 1. The zero-order valence-corrected chi connectivity index (χ0v) is 21.8. The summed E-state index contributed by atoms with van der Waals surface area (Å²) in [7, 11) is -0.0331. The Morgan fingerprint density at radius 3 is 2.77 bits per heavy atom. The van der Waals surface area contributed by atoms with Gasteiger partial charge in [0.1, 0.15) is 11.9 Å². The van der Waals surface area contributed by atoms with Crippen LogP contribution < -0.4 is 9.62 Å². The number of halogens is 2. The van der Waals surface area contributed by atoms with Crippen molar-refractivity contribution in [1.82, 2.24) is 19.2 Å². The van der Waals surface area contributed by atoms with E-state index in [0.717, 1.165) is 11.1 Å². The predicted molar refractivity (Wildman–Crippen MR) is 137 cm³/mol. The minimum absolute atomic E-state index is 0.106. The molecule has 1 unspecified atom stereocenters. The number of nitrogens with one attached hydrogen (secondary N) is 1. The van der Waals surface area contributed by atoms with Crippen molar-refractivity contribution in [2.75, 3.05) is 25.5 Å². The van der Waals surface area contributed by atoms with Crippen LogP contribution in [-0.2, 0) is 21.4 Å². The number of aromatic nitrogens is 2. The zero-order chi connectivity index (χ0) is 25.3. The number of hydrogen-bond acceptors (Lipinski definition) is 6. The standard InChI is InChI=1S/C23H25ClFN5O3S2/c1-15(21-6-7-22(24)34-21)13-35(32,33)27-19-8-9-30(23(19)31)20-5-4-17(10-18(20)25)29-12-16(26-14-29)11-28(2)3/h4-7,10,12-14,19,27H,8-9,11H2,1-3H3/b15-13+. The van der Waals surface area contributed by atoms with Crippen LogP contribution in [-0.4, -0.2) is 55.5 Å². The molecule has 12 heteroatoms. The van der Waals surface area contributed by atoms with Crippen molar-refractivity contribution < 1.29 is 17.6 Å². The normalized spacial score (nSPS) is 17.1. The molecular formula is C23H25ClFN5O3S2. The minimum Gasteiger partial charge on any atom is -0.308 e. The van der Waals surface area contributed by atoms with Gasteiger partial charge < -0.3 is 14.4 Å². The Kier molecular flexibility index (Phi) is 7.43. The van der Waals surface area contributed by atoms with Crippen molar-refractivity contribution in [3.63, 3.8) is 0 Å². The number of hydrogen-bond donors (Lipinski definition) is 1. The van der Waals surface area contributed by atoms with E-state index in [1.165, 1.54) is 28.4 Å². The van der Waals surface area contributed by atoms with E-state index in [9.17, 15) is 13.2 Å². The number of benzene rings is 1. The minimum atomic E-state index is -3.90. The third-order valence-electron chi connectivity index (χ3n) is 5.44. The Hall–Kier alpha value is -2.57. The maximum atomic E-state index is 15.0. The number of amides is 1. The summed E-state index contributed by atoms with van der Waals surface area (Å²) in [5.41, 5.74) is 2.03. The van der Waals surface area contributed by atoms with Crippen molar-refractivity contribution in [3.05, 3.63) is 69.0 Å². The molecule has 0 saturated carbocycles. The van der Waals surface area contributed by atoms with E-state index in [2.05, 4.69) is 9.71 Å². The SMILES string of the molecule is C/C(=C\S(=O)(=O)NC1CCN(c2ccc(-n3cnc(CN(C)C)c3)cc2F)C1=O)c1ccc(Cl)s1. The maximum Gasteiger partial charge on any atom is 0.245 e. The van der Waals surface area contributed by atoms with Gasteiger partial charge in [0.2, 0.25) is 15.9 Å². The molecule has 0 spiro atoms. The van der Waals surface area contributed by atoms with Gasteiger partial charge in [0.15, 0.2) is 0 Å². The van der Waals surface area contributed by atoms with Gasteiger partial charge in [-0.15, -0.1) is 11.3 Å². The maximum absolute atomic E-state index is 15.0. The number of imidazole rings is 1. The topological polar surface area (TPSA) is 87.5 Å². The molecular weight excluding hydrogens is 513 g/mol. The van der Waals surface area contributed by atoms with Crippen molar-refractivity contribution in [2.24, 2.45) is 0 Å². The number of carbonyl (C=O) groups excluding carboxylic acids is 1. The van der Waals surface area contributed by atoms with Gasteiger partial charge in [-0.3, -0.25) is 4.79 Å². The molecule has 8 nitrogen and oxygen atoms in total. The van der Waals surface area contributed by atoms with Gasteiger partial charge in [-0.05, 0) is 57.3 Å². The first-order valence-electron chi connectivity index (χ1n) is 10.8. The second-order valence-electron chi connectivity index (χ2n) is 8.54. The van der Waals surface area contributed by atoms with Gasteiger partial charge in [-0.1, -0.05) is 11.6 Å². The average molecular weight is 538 g/mol. The second-order valence-corrected chi connectivity index (χ2v) is 11.8. The van der Waals surface area contributed by atoms with E-state index in [1.807, 2.05) is 25.2 Å². The first-order valence-corrected chi connectivity index (χ1v) is 13.5. The smallest absolute Gasteiger partial charge is 0.245 e. The van der Waals surface area contributed by atoms with Crippen LogP contribution in [0, 0.1) is 5.82 Å². The Morgan fingerprint density at radius 2 is 2.11 bits per heavy atom. The molecule has 1 aromatic carbocycles. The molecule has 35 heavy (non-hydrogen) atoms. The molecule has 4 rings (SSSR count). The summed E-state index contributed by atoms with van der Waals surface area (Å²) >= 11 is 7.18. The molecule has 1 aliphatic heterocycles. The van der Waals surface area contributed by atoms with Crippen LogP contribution in [0.4, 0.5) is 10.1 Å². The summed E-state index contributed by atoms with van der Waals surface area (Å²) in [6, 6.07) is 7.00. The monoisotopic (exact) mass is 537 g/mol. The predicted octanol–water partition coefficient (Wildman–Crippen LogP) is 3.87. The van der Waals surface area contributed by atoms with E-state index < -0.39 is 27.8 Å². The third-order valence-corrected chi connectivity index (χ3v) is 8.08. The summed E-state index contributed by atoms with van der Waals surface area (Å²) < 4.78 is 45.0. The molecule has 2 aromatic heterocycles. The average Bonchev–Trinajstić information content (AvgIpc) is 3.49. The Balaban J connectivity index is 1.46. The van der Waals surface area contributed by atoms with Crippen LogP contribution in [0.25, 0.3) is 11.3 Å². The molecule has 3 heterocycles. The van der Waals surface area contributed by atoms with Gasteiger partial charge >= 0.3 is 0 Å². The molecule has 1 fully saturated rings. The number of sulfonamides is 1. The van der Waals surface area contributed by atoms with Gasteiger partial charge in [0, 0.05) is 35.9 Å². The van der Waals surface area contributed by atoms with Crippen molar-refractivity contribution >= 4 is 50.1 Å². The van der Waals surface area contributed by atoms with Crippen LogP contribution in [0.15, 0.2) is 48.3 Å².